The Morgan fingerprint density at radius 3 is 2.35 bits per heavy atom. The SMILES string of the molecule is COc1cc(CNC(C)C(=O)NC2CC2)cc(OC)c1. The molecule has 0 spiro atoms. The van der Waals surface area contributed by atoms with Crippen LogP contribution in [0.1, 0.15) is 25.3 Å². The van der Waals surface area contributed by atoms with Crippen molar-refractivity contribution in [3.63, 3.8) is 0 Å². The average molecular weight is 278 g/mol. The number of methoxy groups -OCH3 is 2. The second kappa shape index (κ2) is 6.61. The molecule has 0 bridgehead atoms. The molecular formula is C15H22N2O3. The summed E-state index contributed by atoms with van der Waals surface area (Å²) in [6, 6.07) is 5.87. The summed E-state index contributed by atoms with van der Waals surface area (Å²) in [6.07, 6.45) is 2.21. The number of nitrogens with one attached hydrogen (secondary N) is 2. The normalized spacial score (nSPS) is 15.6. The van der Waals surface area contributed by atoms with Gasteiger partial charge in [0.15, 0.2) is 0 Å². The van der Waals surface area contributed by atoms with Gasteiger partial charge in [-0.25, -0.2) is 0 Å². The molecule has 1 aromatic rings. The van der Waals surface area contributed by atoms with Crippen LogP contribution in [0.25, 0.3) is 0 Å². The molecule has 5 heteroatoms. The minimum atomic E-state index is -0.215. The Morgan fingerprint density at radius 2 is 1.85 bits per heavy atom. The van der Waals surface area contributed by atoms with Gasteiger partial charge in [-0.3, -0.25) is 4.79 Å². The predicted molar refractivity (Wildman–Crippen MR) is 77.0 cm³/mol. The van der Waals surface area contributed by atoms with Crippen molar-refractivity contribution in [2.45, 2.75) is 38.4 Å². The standard InChI is InChI=1S/C15H22N2O3/c1-10(15(18)17-12-4-5-12)16-9-11-6-13(19-2)8-14(7-11)20-3/h6-8,10,12,16H,4-5,9H2,1-3H3,(H,17,18). The van der Waals surface area contributed by atoms with E-state index in [9.17, 15) is 4.79 Å². The van der Waals surface area contributed by atoms with E-state index in [1.165, 1.54) is 0 Å². The van der Waals surface area contributed by atoms with Gasteiger partial charge in [-0.1, -0.05) is 0 Å². The number of hydrogen-bond donors (Lipinski definition) is 2. The molecule has 2 N–H and O–H groups in total. The zero-order valence-electron chi connectivity index (χ0n) is 12.2. The summed E-state index contributed by atoms with van der Waals surface area (Å²) in [7, 11) is 3.25. The zero-order chi connectivity index (χ0) is 14.5. The van der Waals surface area contributed by atoms with E-state index in [0.29, 0.717) is 12.6 Å². The number of carbonyl (C=O) groups excluding carboxylic acids is 1. The highest BCUT2D eigenvalue weighted by atomic mass is 16.5. The third kappa shape index (κ3) is 4.13. The van der Waals surface area contributed by atoms with Crippen LogP contribution in [0.2, 0.25) is 0 Å². The van der Waals surface area contributed by atoms with E-state index >= 15 is 0 Å². The topological polar surface area (TPSA) is 59.6 Å². The van der Waals surface area contributed by atoms with Crippen LogP contribution in [0.4, 0.5) is 0 Å². The maximum absolute atomic E-state index is 11.8. The Kier molecular flexibility index (Phi) is 4.84. The van der Waals surface area contributed by atoms with Crippen LogP contribution in [0.5, 0.6) is 11.5 Å². The maximum atomic E-state index is 11.8. The highest BCUT2D eigenvalue weighted by Gasteiger charge is 2.25. The summed E-state index contributed by atoms with van der Waals surface area (Å²) < 4.78 is 10.5. The Hall–Kier alpha value is -1.75. The molecular weight excluding hydrogens is 256 g/mol. The van der Waals surface area contributed by atoms with Crippen molar-refractivity contribution in [2.75, 3.05) is 14.2 Å². The number of carbonyl (C=O) groups is 1. The highest BCUT2D eigenvalue weighted by molar-refractivity contribution is 5.81. The first-order valence-electron chi connectivity index (χ1n) is 6.88. The summed E-state index contributed by atoms with van der Waals surface area (Å²) in [5.41, 5.74) is 1.02. The lowest BCUT2D eigenvalue weighted by molar-refractivity contribution is -0.122. The molecule has 0 aromatic heterocycles. The average Bonchev–Trinajstić information content (AvgIpc) is 3.28. The lowest BCUT2D eigenvalue weighted by Crippen LogP contribution is -2.42. The van der Waals surface area contributed by atoms with Crippen molar-refractivity contribution in [3.05, 3.63) is 23.8 Å². The molecule has 0 radical (unpaired) electrons. The monoisotopic (exact) mass is 278 g/mol. The van der Waals surface area contributed by atoms with Gasteiger partial charge < -0.3 is 20.1 Å². The number of ether oxygens (including phenoxy) is 2. The summed E-state index contributed by atoms with van der Waals surface area (Å²) in [4.78, 5) is 11.8. The van der Waals surface area contributed by atoms with E-state index < -0.39 is 0 Å². The Bertz CT molecular complexity index is 450. The minimum Gasteiger partial charge on any atom is -0.497 e. The van der Waals surface area contributed by atoms with Crippen LogP contribution < -0.4 is 20.1 Å². The van der Waals surface area contributed by atoms with Gasteiger partial charge in [0.05, 0.1) is 20.3 Å². The van der Waals surface area contributed by atoms with Gasteiger partial charge in [-0.2, -0.15) is 0 Å². The first kappa shape index (κ1) is 14.7. The van der Waals surface area contributed by atoms with E-state index in [0.717, 1.165) is 29.9 Å². The third-order valence-corrected chi connectivity index (χ3v) is 3.34. The van der Waals surface area contributed by atoms with Gasteiger partial charge in [-0.15, -0.1) is 0 Å². The molecule has 1 aliphatic carbocycles. The zero-order valence-corrected chi connectivity index (χ0v) is 12.2. The molecule has 0 saturated heterocycles. The molecule has 1 aromatic carbocycles. The number of amides is 1. The number of rotatable bonds is 7. The summed E-state index contributed by atoms with van der Waals surface area (Å²) in [6.45, 7) is 2.46. The molecule has 1 aliphatic rings. The molecule has 1 fully saturated rings. The highest BCUT2D eigenvalue weighted by Crippen LogP contribution is 2.22. The lowest BCUT2D eigenvalue weighted by atomic mass is 10.2. The first-order chi connectivity index (χ1) is 9.62. The third-order valence-electron chi connectivity index (χ3n) is 3.34. The van der Waals surface area contributed by atoms with Crippen LogP contribution in [0.15, 0.2) is 18.2 Å². The second-order valence-corrected chi connectivity index (χ2v) is 5.11. The van der Waals surface area contributed by atoms with Crippen molar-refractivity contribution in [1.29, 1.82) is 0 Å². The Balaban J connectivity index is 1.90. The summed E-state index contributed by atoms with van der Waals surface area (Å²) in [5, 5.41) is 6.20. The molecule has 0 aliphatic heterocycles. The summed E-state index contributed by atoms with van der Waals surface area (Å²) in [5.74, 6) is 1.55. The molecule has 110 valence electrons. The number of hydrogen-bond acceptors (Lipinski definition) is 4. The molecule has 1 unspecified atom stereocenters. The van der Waals surface area contributed by atoms with Gasteiger partial charge in [-0.05, 0) is 37.5 Å². The van der Waals surface area contributed by atoms with Crippen LogP contribution in [-0.4, -0.2) is 32.2 Å². The molecule has 20 heavy (non-hydrogen) atoms. The fraction of sp³-hybridized carbons (Fsp3) is 0.533. The minimum absolute atomic E-state index is 0.0577. The Labute approximate surface area is 119 Å². The largest absolute Gasteiger partial charge is 0.497 e. The van der Waals surface area contributed by atoms with E-state index in [1.807, 2.05) is 25.1 Å². The molecule has 1 amide bonds. The first-order valence-corrected chi connectivity index (χ1v) is 6.88. The predicted octanol–water partition coefficient (Wildman–Crippen LogP) is 1.46. The van der Waals surface area contributed by atoms with E-state index in [4.69, 9.17) is 9.47 Å². The quantitative estimate of drug-likeness (QED) is 0.793. The van der Waals surface area contributed by atoms with Crippen LogP contribution in [0.3, 0.4) is 0 Å². The van der Waals surface area contributed by atoms with Crippen LogP contribution in [-0.2, 0) is 11.3 Å². The fourth-order valence-electron chi connectivity index (χ4n) is 1.89. The maximum Gasteiger partial charge on any atom is 0.237 e. The summed E-state index contributed by atoms with van der Waals surface area (Å²) >= 11 is 0. The smallest absolute Gasteiger partial charge is 0.237 e. The molecule has 1 saturated carbocycles. The van der Waals surface area contributed by atoms with Crippen molar-refractivity contribution in [3.8, 4) is 11.5 Å². The van der Waals surface area contributed by atoms with E-state index in [-0.39, 0.29) is 11.9 Å². The molecule has 2 rings (SSSR count). The van der Waals surface area contributed by atoms with Crippen LogP contribution in [0, 0.1) is 0 Å². The van der Waals surface area contributed by atoms with Crippen LogP contribution >= 0.6 is 0 Å². The fourth-order valence-corrected chi connectivity index (χ4v) is 1.89. The van der Waals surface area contributed by atoms with Crippen molar-refractivity contribution in [2.24, 2.45) is 0 Å². The van der Waals surface area contributed by atoms with Gasteiger partial charge in [0, 0.05) is 18.7 Å². The van der Waals surface area contributed by atoms with Crippen molar-refractivity contribution < 1.29 is 14.3 Å². The molecule has 0 heterocycles. The van der Waals surface area contributed by atoms with Gasteiger partial charge in [0.25, 0.3) is 0 Å². The number of benzene rings is 1. The molecule has 5 nitrogen and oxygen atoms in total. The lowest BCUT2D eigenvalue weighted by Gasteiger charge is -2.14. The van der Waals surface area contributed by atoms with E-state index in [1.54, 1.807) is 14.2 Å². The van der Waals surface area contributed by atoms with Gasteiger partial charge in [0.1, 0.15) is 11.5 Å². The van der Waals surface area contributed by atoms with Gasteiger partial charge >= 0.3 is 0 Å². The second-order valence-electron chi connectivity index (χ2n) is 5.11. The van der Waals surface area contributed by atoms with Crippen molar-refractivity contribution >= 4 is 5.91 Å². The molecule has 1 atom stereocenters. The Morgan fingerprint density at radius 1 is 1.25 bits per heavy atom. The van der Waals surface area contributed by atoms with Gasteiger partial charge in [0.2, 0.25) is 5.91 Å². The van der Waals surface area contributed by atoms with Crippen molar-refractivity contribution in [1.82, 2.24) is 10.6 Å². The van der Waals surface area contributed by atoms with E-state index in [2.05, 4.69) is 10.6 Å².